The van der Waals surface area contributed by atoms with Gasteiger partial charge in [0.1, 0.15) is 6.07 Å². The van der Waals surface area contributed by atoms with E-state index in [9.17, 15) is 0 Å². The Bertz CT molecular complexity index is 232. The van der Waals surface area contributed by atoms with Gasteiger partial charge in [0.25, 0.3) is 0 Å². The van der Waals surface area contributed by atoms with E-state index in [1.807, 2.05) is 6.07 Å². The van der Waals surface area contributed by atoms with Crippen molar-refractivity contribution < 1.29 is 0 Å². The summed E-state index contributed by atoms with van der Waals surface area (Å²) < 4.78 is 0. The molecule has 1 rings (SSSR count). The molecule has 0 saturated heterocycles. The van der Waals surface area contributed by atoms with Gasteiger partial charge >= 0.3 is 0 Å². The molecule has 0 amide bonds. The average molecular weight is 120 g/mol. The number of rotatable bonds is 0. The molecule has 4 nitrogen and oxygen atoms in total. The van der Waals surface area contributed by atoms with Crippen molar-refractivity contribution >= 4 is 5.95 Å². The fraction of sp³-hybridized carbons (Fsp3) is 0. The van der Waals surface area contributed by atoms with Crippen molar-refractivity contribution in [2.45, 2.75) is 0 Å². The van der Waals surface area contributed by atoms with E-state index in [2.05, 4.69) is 9.97 Å². The molecule has 9 heavy (non-hydrogen) atoms. The maximum absolute atomic E-state index is 8.26. The monoisotopic (exact) mass is 120 g/mol. The summed E-state index contributed by atoms with van der Waals surface area (Å²) in [5.74, 6) is 0.189. The molecule has 0 saturated carbocycles. The fourth-order valence-electron chi connectivity index (χ4n) is 0.396. The van der Waals surface area contributed by atoms with E-state index in [1.54, 1.807) is 0 Å². The Morgan fingerprint density at radius 1 is 1.44 bits per heavy atom. The lowest BCUT2D eigenvalue weighted by Gasteiger charge is -1.86. The van der Waals surface area contributed by atoms with E-state index in [0.717, 1.165) is 0 Å². The van der Waals surface area contributed by atoms with Crippen LogP contribution in [-0.4, -0.2) is 9.97 Å². The van der Waals surface area contributed by atoms with Crippen LogP contribution in [0.1, 0.15) is 5.56 Å². The Balaban J connectivity index is 3.06. The molecule has 0 unspecified atom stereocenters. The zero-order valence-electron chi connectivity index (χ0n) is 4.57. The summed E-state index contributed by atoms with van der Waals surface area (Å²) in [4.78, 5) is 7.19. The molecule has 0 aromatic carbocycles. The van der Waals surface area contributed by atoms with Gasteiger partial charge in [0.2, 0.25) is 5.95 Å². The molecule has 1 heterocycles. The largest absolute Gasteiger partial charge is 0.368 e. The summed E-state index contributed by atoms with van der Waals surface area (Å²) in [6.07, 6.45) is 2.75. The maximum Gasteiger partial charge on any atom is 0.219 e. The Labute approximate surface area is 52.0 Å². The fourth-order valence-corrected chi connectivity index (χ4v) is 0.396. The van der Waals surface area contributed by atoms with Crippen LogP contribution in [0.3, 0.4) is 0 Å². The van der Waals surface area contributed by atoms with Gasteiger partial charge in [-0.1, -0.05) is 0 Å². The molecule has 4 heteroatoms. The first-order valence-electron chi connectivity index (χ1n) is 2.30. The van der Waals surface area contributed by atoms with Gasteiger partial charge < -0.3 is 5.73 Å². The van der Waals surface area contributed by atoms with Gasteiger partial charge in [0.05, 0.1) is 18.0 Å². The normalized spacial score (nSPS) is 8.33. The van der Waals surface area contributed by atoms with E-state index in [-0.39, 0.29) is 5.95 Å². The molecule has 0 atom stereocenters. The van der Waals surface area contributed by atoms with Gasteiger partial charge in [-0.05, 0) is 0 Å². The minimum absolute atomic E-state index is 0.189. The molecule has 2 N–H and O–H groups in total. The Hall–Kier alpha value is -1.63. The number of nitrogens with zero attached hydrogens (tertiary/aromatic N) is 3. The number of nitrogen functional groups attached to an aromatic ring is 1. The molecule has 44 valence electrons. The molecule has 0 aliphatic rings. The summed E-state index contributed by atoms with van der Waals surface area (Å²) in [5.41, 5.74) is 5.57. The molecule has 1 aromatic rings. The van der Waals surface area contributed by atoms with Crippen LogP contribution in [-0.2, 0) is 0 Å². The predicted molar refractivity (Wildman–Crippen MR) is 31.2 cm³/mol. The molecule has 0 spiro atoms. The van der Waals surface area contributed by atoms with Crippen LogP contribution in [0.2, 0.25) is 0 Å². The second-order valence-electron chi connectivity index (χ2n) is 1.44. The highest BCUT2D eigenvalue weighted by molar-refractivity contribution is 5.26. The minimum Gasteiger partial charge on any atom is -0.368 e. The zero-order valence-corrected chi connectivity index (χ0v) is 4.57. The van der Waals surface area contributed by atoms with E-state index in [0.29, 0.717) is 5.56 Å². The van der Waals surface area contributed by atoms with Crippen molar-refractivity contribution in [2.24, 2.45) is 0 Å². The summed E-state index contributed by atoms with van der Waals surface area (Å²) in [6, 6.07) is 1.87. The molecule has 0 bridgehead atoms. The van der Waals surface area contributed by atoms with E-state index >= 15 is 0 Å². The highest BCUT2D eigenvalue weighted by Gasteiger charge is 1.88. The standard InChI is InChI=1S/C5H4N4/c6-1-4-2-8-5(7)9-3-4/h2-3H,(H2,7,8,9). The Kier molecular flexibility index (Phi) is 1.28. The van der Waals surface area contributed by atoms with E-state index in [1.165, 1.54) is 12.4 Å². The summed E-state index contributed by atoms with van der Waals surface area (Å²) in [5, 5.41) is 8.26. The molecular weight excluding hydrogens is 116 g/mol. The van der Waals surface area contributed by atoms with Crippen molar-refractivity contribution in [2.75, 3.05) is 5.73 Å². The van der Waals surface area contributed by atoms with Crippen LogP contribution in [0.15, 0.2) is 12.4 Å². The molecular formula is C5H4N4. The lowest BCUT2D eigenvalue weighted by atomic mass is 10.4. The topological polar surface area (TPSA) is 75.6 Å². The Morgan fingerprint density at radius 3 is 2.44 bits per heavy atom. The van der Waals surface area contributed by atoms with Crippen molar-refractivity contribution in [1.82, 2.24) is 9.97 Å². The molecule has 0 radical (unpaired) electrons. The highest BCUT2D eigenvalue weighted by atomic mass is 15.0. The van der Waals surface area contributed by atoms with Crippen LogP contribution >= 0.6 is 0 Å². The van der Waals surface area contributed by atoms with Crippen molar-refractivity contribution in [3.05, 3.63) is 18.0 Å². The predicted octanol–water partition coefficient (Wildman–Crippen LogP) is -0.0695. The van der Waals surface area contributed by atoms with Crippen molar-refractivity contribution in [1.29, 1.82) is 5.26 Å². The maximum atomic E-state index is 8.26. The van der Waals surface area contributed by atoms with Gasteiger partial charge in [-0.3, -0.25) is 0 Å². The molecule has 1 aromatic heterocycles. The lowest BCUT2D eigenvalue weighted by Crippen LogP contribution is -1.93. The van der Waals surface area contributed by atoms with Crippen LogP contribution in [0.25, 0.3) is 0 Å². The quantitative estimate of drug-likeness (QED) is 0.520. The van der Waals surface area contributed by atoms with Crippen molar-refractivity contribution in [3.63, 3.8) is 0 Å². The average Bonchev–Trinajstić information content (AvgIpc) is 1.90. The lowest BCUT2D eigenvalue weighted by molar-refractivity contribution is 1.17. The zero-order chi connectivity index (χ0) is 6.69. The molecule has 0 fully saturated rings. The van der Waals surface area contributed by atoms with Gasteiger partial charge in [0, 0.05) is 0 Å². The van der Waals surface area contributed by atoms with E-state index < -0.39 is 0 Å². The second kappa shape index (κ2) is 2.09. The Morgan fingerprint density at radius 2 is 2.00 bits per heavy atom. The number of hydrogen-bond acceptors (Lipinski definition) is 4. The van der Waals surface area contributed by atoms with E-state index in [4.69, 9.17) is 11.0 Å². The number of anilines is 1. The van der Waals surface area contributed by atoms with Crippen LogP contribution in [0.4, 0.5) is 5.95 Å². The summed E-state index contributed by atoms with van der Waals surface area (Å²) >= 11 is 0. The minimum atomic E-state index is 0.189. The number of nitrogens with two attached hydrogens (primary N) is 1. The third-order valence-electron chi connectivity index (χ3n) is 0.801. The SMILES string of the molecule is N#Cc1cnc(N)nc1. The molecule has 0 aliphatic heterocycles. The number of aromatic nitrogens is 2. The van der Waals surface area contributed by atoms with Gasteiger partial charge in [0.15, 0.2) is 0 Å². The van der Waals surface area contributed by atoms with Gasteiger partial charge in [-0.15, -0.1) is 0 Å². The summed E-state index contributed by atoms with van der Waals surface area (Å²) in [6.45, 7) is 0. The summed E-state index contributed by atoms with van der Waals surface area (Å²) in [7, 11) is 0. The third-order valence-corrected chi connectivity index (χ3v) is 0.801. The van der Waals surface area contributed by atoms with Gasteiger partial charge in [-0.2, -0.15) is 5.26 Å². The second-order valence-corrected chi connectivity index (χ2v) is 1.44. The number of hydrogen-bond donors (Lipinski definition) is 1. The van der Waals surface area contributed by atoms with Crippen LogP contribution < -0.4 is 5.73 Å². The highest BCUT2D eigenvalue weighted by Crippen LogP contribution is 1.92. The molecule has 0 aliphatic carbocycles. The van der Waals surface area contributed by atoms with Crippen LogP contribution in [0, 0.1) is 11.3 Å². The first-order chi connectivity index (χ1) is 4.33. The van der Waals surface area contributed by atoms with Crippen molar-refractivity contribution in [3.8, 4) is 6.07 Å². The first-order valence-corrected chi connectivity index (χ1v) is 2.30. The van der Waals surface area contributed by atoms with Gasteiger partial charge in [-0.25, -0.2) is 9.97 Å². The third kappa shape index (κ3) is 1.13. The smallest absolute Gasteiger partial charge is 0.219 e. The van der Waals surface area contributed by atoms with Crippen LogP contribution in [0.5, 0.6) is 0 Å². The number of nitriles is 1. The first kappa shape index (κ1) is 5.51.